The third-order valence-corrected chi connectivity index (χ3v) is 4.15. The van der Waals surface area contributed by atoms with Crippen LogP contribution in [0.25, 0.3) is 0 Å². The molecule has 1 unspecified atom stereocenters. The van der Waals surface area contributed by atoms with Gasteiger partial charge in [0.05, 0.1) is 0 Å². The van der Waals surface area contributed by atoms with E-state index in [0.717, 1.165) is 30.6 Å². The van der Waals surface area contributed by atoms with Crippen molar-refractivity contribution in [3.8, 4) is 0 Å². The fourth-order valence-electron chi connectivity index (χ4n) is 2.91. The molecule has 3 rings (SSSR count). The average Bonchev–Trinajstić information content (AvgIpc) is 2.62. The molecular weight excluding hydrogens is 307 g/mol. The molecule has 1 N–H and O–H groups in total. The number of carbonyl (C=O) groups excluding carboxylic acids is 1. The number of nitrogens with zero attached hydrogens (tertiary/aromatic N) is 1. The first kappa shape index (κ1) is 16.3. The summed E-state index contributed by atoms with van der Waals surface area (Å²) in [7, 11) is 0. The highest BCUT2D eigenvalue weighted by molar-refractivity contribution is 5.67. The molecule has 1 heterocycles. The number of halogens is 1. The summed E-state index contributed by atoms with van der Waals surface area (Å²) in [5.74, 6) is -0.241. The predicted octanol–water partition coefficient (Wildman–Crippen LogP) is 3.72. The van der Waals surface area contributed by atoms with E-state index >= 15 is 0 Å². The van der Waals surface area contributed by atoms with Gasteiger partial charge in [0, 0.05) is 24.8 Å². The lowest BCUT2D eigenvalue weighted by molar-refractivity contribution is 0.134. The van der Waals surface area contributed by atoms with Gasteiger partial charge in [-0.25, -0.2) is 9.18 Å². The lowest BCUT2D eigenvalue weighted by Gasteiger charge is -2.34. The molecule has 5 heteroatoms. The number of nitrogens with one attached hydrogen (secondary N) is 1. The highest BCUT2D eigenvalue weighted by atomic mass is 19.1. The van der Waals surface area contributed by atoms with Crippen molar-refractivity contribution in [2.75, 3.05) is 18.0 Å². The van der Waals surface area contributed by atoms with Crippen molar-refractivity contribution in [2.24, 2.45) is 0 Å². The van der Waals surface area contributed by atoms with Crippen molar-refractivity contribution < 1.29 is 13.9 Å². The summed E-state index contributed by atoms with van der Waals surface area (Å²) in [6.07, 6.45) is 1.49. The van der Waals surface area contributed by atoms with Crippen LogP contribution in [0.2, 0.25) is 0 Å². The maximum atomic E-state index is 13.0. The van der Waals surface area contributed by atoms with Crippen molar-refractivity contribution in [1.29, 1.82) is 0 Å². The Hall–Kier alpha value is -2.56. The molecule has 1 amide bonds. The van der Waals surface area contributed by atoms with Crippen LogP contribution < -0.4 is 10.2 Å². The second-order valence-electron chi connectivity index (χ2n) is 5.97. The number of rotatable bonds is 4. The Balaban J connectivity index is 1.49. The molecule has 126 valence electrons. The molecule has 1 fully saturated rings. The number of amides is 1. The van der Waals surface area contributed by atoms with Crippen molar-refractivity contribution >= 4 is 11.8 Å². The van der Waals surface area contributed by atoms with E-state index in [4.69, 9.17) is 4.74 Å². The monoisotopic (exact) mass is 328 g/mol. The Kier molecular flexibility index (Phi) is 5.31. The number of ether oxygens (including phenoxy) is 1. The van der Waals surface area contributed by atoms with Gasteiger partial charge < -0.3 is 15.0 Å². The molecule has 4 nitrogen and oxygen atoms in total. The maximum absolute atomic E-state index is 13.0. The number of alkyl carbamates (subject to hydrolysis) is 1. The molecule has 1 atom stereocenters. The zero-order chi connectivity index (χ0) is 16.8. The first-order valence-corrected chi connectivity index (χ1v) is 8.18. The molecule has 0 aliphatic carbocycles. The standard InChI is InChI=1S/C19H21FN2O2/c20-16-8-10-18(11-9-16)22-12-4-7-17(13-22)21-19(23)24-14-15-5-2-1-3-6-15/h1-3,5-6,8-11,17H,4,7,12-14H2,(H,21,23). The van der Waals surface area contributed by atoms with Gasteiger partial charge >= 0.3 is 6.09 Å². The fraction of sp³-hybridized carbons (Fsp3) is 0.316. The maximum Gasteiger partial charge on any atom is 0.407 e. The Bertz CT molecular complexity index is 661. The topological polar surface area (TPSA) is 41.6 Å². The largest absolute Gasteiger partial charge is 0.445 e. The Morgan fingerprint density at radius 2 is 1.92 bits per heavy atom. The molecule has 0 aromatic heterocycles. The SMILES string of the molecule is O=C(NC1CCCN(c2ccc(F)cc2)C1)OCc1ccccc1. The van der Waals surface area contributed by atoms with E-state index in [1.165, 1.54) is 12.1 Å². The molecule has 0 spiro atoms. The normalized spacial score (nSPS) is 17.4. The van der Waals surface area contributed by atoms with Gasteiger partial charge in [0.1, 0.15) is 12.4 Å². The summed E-state index contributed by atoms with van der Waals surface area (Å²) >= 11 is 0. The van der Waals surface area contributed by atoms with Crippen LogP contribution in [0.3, 0.4) is 0 Å². The fourth-order valence-corrected chi connectivity index (χ4v) is 2.91. The molecule has 0 radical (unpaired) electrons. The smallest absolute Gasteiger partial charge is 0.407 e. The summed E-state index contributed by atoms with van der Waals surface area (Å²) in [5, 5.41) is 2.92. The van der Waals surface area contributed by atoms with Gasteiger partial charge in [-0.3, -0.25) is 0 Å². The van der Waals surface area contributed by atoms with E-state index in [1.54, 1.807) is 12.1 Å². The van der Waals surface area contributed by atoms with Gasteiger partial charge in [-0.05, 0) is 42.7 Å². The zero-order valence-electron chi connectivity index (χ0n) is 13.5. The molecular formula is C19H21FN2O2. The molecule has 0 saturated carbocycles. The highest BCUT2D eigenvalue weighted by Gasteiger charge is 2.22. The summed E-state index contributed by atoms with van der Waals surface area (Å²) in [6, 6.07) is 16.1. The molecule has 2 aromatic rings. The number of benzene rings is 2. The van der Waals surface area contributed by atoms with Crippen molar-refractivity contribution in [1.82, 2.24) is 5.32 Å². The van der Waals surface area contributed by atoms with Crippen LogP contribution in [0.4, 0.5) is 14.9 Å². The predicted molar refractivity (Wildman–Crippen MR) is 91.4 cm³/mol. The van der Waals surface area contributed by atoms with Crippen LogP contribution >= 0.6 is 0 Å². The average molecular weight is 328 g/mol. The van der Waals surface area contributed by atoms with Crippen LogP contribution in [0.1, 0.15) is 18.4 Å². The van der Waals surface area contributed by atoms with Crippen LogP contribution in [0.5, 0.6) is 0 Å². The Labute approximate surface area is 141 Å². The number of piperidine rings is 1. The van der Waals surface area contributed by atoms with Crippen LogP contribution in [0.15, 0.2) is 54.6 Å². The van der Waals surface area contributed by atoms with Crippen LogP contribution in [0, 0.1) is 5.82 Å². The quantitative estimate of drug-likeness (QED) is 0.930. The minimum Gasteiger partial charge on any atom is -0.445 e. The minimum absolute atomic E-state index is 0.0343. The summed E-state index contributed by atoms with van der Waals surface area (Å²) in [6.45, 7) is 1.87. The Morgan fingerprint density at radius 3 is 2.67 bits per heavy atom. The zero-order valence-corrected chi connectivity index (χ0v) is 13.5. The van der Waals surface area contributed by atoms with Crippen molar-refractivity contribution in [3.63, 3.8) is 0 Å². The summed E-state index contributed by atoms with van der Waals surface area (Å²) in [5.41, 5.74) is 1.93. The van der Waals surface area contributed by atoms with Gasteiger partial charge in [-0.1, -0.05) is 30.3 Å². The molecule has 1 saturated heterocycles. The number of hydrogen-bond donors (Lipinski definition) is 1. The van der Waals surface area contributed by atoms with Gasteiger partial charge in [-0.15, -0.1) is 0 Å². The minimum atomic E-state index is -0.398. The molecule has 1 aliphatic heterocycles. The van der Waals surface area contributed by atoms with E-state index in [0.29, 0.717) is 6.54 Å². The molecule has 24 heavy (non-hydrogen) atoms. The van der Waals surface area contributed by atoms with E-state index in [1.807, 2.05) is 30.3 Å². The van der Waals surface area contributed by atoms with Crippen molar-refractivity contribution in [3.05, 3.63) is 66.0 Å². The summed E-state index contributed by atoms with van der Waals surface area (Å²) in [4.78, 5) is 14.1. The van der Waals surface area contributed by atoms with Gasteiger partial charge in [0.15, 0.2) is 0 Å². The number of anilines is 1. The summed E-state index contributed by atoms with van der Waals surface area (Å²) < 4.78 is 18.3. The first-order valence-electron chi connectivity index (χ1n) is 8.18. The van der Waals surface area contributed by atoms with Gasteiger partial charge in [-0.2, -0.15) is 0 Å². The second-order valence-corrected chi connectivity index (χ2v) is 5.97. The first-order chi connectivity index (χ1) is 11.7. The number of carbonyl (C=O) groups is 1. The van der Waals surface area contributed by atoms with Crippen molar-refractivity contribution in [2.45, 2.75) is 25.5 Å². The molecule has 1 aliphatic rings. The Morgan fingerprint density at radius 1 is 1.17 bits per heavy atom. The third kappa shape index (κ3) is 4.47. The van der Waals surface area contributed by atoms with Crippen LogP contribution in [-0.2, 0) is 11.3 Å². The van der Waals surface area contributed by atoms with E-state index in [-0.39, 0.29) is 18.5 Å². The third-order valence-electron chi connectivity index (χ3n) is 4.15. The van der Waals surface area contributed by atoms with Crippen LogP contribution in [-0.4, -0.2) is 25.2 Å². The van der Waals surface area contributed by atoms with Gasteiger partial charge in [0.25, 0.3) is 0 Å². The highest BCUT2D eigenvalue weighted by Crippen LogP contribution is 2.20. The van der Waals surface area contributed by atoms with E-state index in [9.17, 15) is 9.18 Å². The lowest BCUT2D eigenvalue weighted by atomic mass is 10.1. The van der Waals surface area contributed by atoms with E-state index < -0.39 is 6.09 Å². The number of hydrogen-bond acceptors (Lipinski definition) is 3. The van der Waals surface area contributed by atoms with Gasteiger partial charge in [0.2, 0.25) is 0 Å². The second kappa shape index (κ2) is 7.81. The lowest BCUT2D eigenvalue weighted by Crippen LogP contribution is -2.48. The molecule has 0 bridgehead atoms. The van der Waals surface area contributed by atoms with E-state index in [2.05, 4.69) is 10.2 Å². The molecule has 2 aromatic carbocycles.